The summed E-state index contributed by atoms with van der Waals surface area (Å²) in [6, 6.07) is 13.3. The third-order valence-corrected chi connectivity index (χ3v) is 5.61. The van der Waals surface area contributed by atoms with Crippen LogP contribution in [0.3, 0.4) is 0 Å². The van der Waals surface area contributed by atoms with Gasteiger partial charge in [0.05, 0.1) is 35.9 Å². The Kier molecular flexibility index (Phi) is 4.48. The lowest BCUT2D eigenvalue weighted by Gasteiger charge is -2.04. The Bertz CT molecular complexity index is 1670. The zero-order valence-corrected chi connectivity index (χ0v) is 17.9. The fourth-order valence-corrected chi connectivity index (χ4v) is 4.04. The second-order valence-electron chi connectivity index (χ2n) is 7.78. The number of rotatable bonds is 4. The maximum absolute atomic E-state index is 13.9. The predicted molar refractivity (Wildman–Crippen MR) is 126 cm³/mol. The number of hydrogen-bond donors (Lipinski definition) is 3. The number of pyridine rings is 3. The van der Waals surface area contributed by atoms with Crippen molar-refractivity contribution in [2.75, 3.05) is 7.11 Å². The lowest BCUT2D eigenvalue weighted by molar-refractivity contribution is 0.413. The molecule has 0 amide bonds. The highest BCUT2D eigenvalue weighted by Crippen LogP contribution is 2.34. The van der Waals surface area contributed by atoms with Crippen molar-refractivity contribution in [1.82, 2.24) is 30.1 Å². The number of aromatic amines is 2. The van der Waals surface area contributed by atoms with Crippen LogP contribution in [-0.2, 0) is 0 Å². The molecule has 0 unspecified atom stereocenters. The normalized spacial score (nSPS) is 11.4. The molecule has 34 heavy (non-hydrogen) atoms. The second kappa shape index (κ2) is 7.66. The molecule has 9 heteroatoms. The molecule has 0 bridgehead atoms. The maximum Gasteiger partial charge on any atom is 0.137 e. The van der Waals surface area contributed by atoms with E-state index in [1.165, 1.54) is 12.1 Å². The van der Waals surface area contributed by atoms with Gasteiger partial charge in [-0.1, -0.05) is 0 Å². The summed E-state index contributed by atoms with van der Waals surface area (Å²) in [6.07, 6.45) is 5.00. The summed E-state index contributed by atoms with van der Waals surface area (Å²) >= 11 is 0. The third kappa shape index (κ3) is 3.30. The van der Waals surface area contributed by atoms with E-state index in [1.807, 2.05) is 30.3 Å². The molecule has 1 aromatic carbocycles. The highest BCUT2D eigenvalue weighted by Gasteiger charge is 2.16. The van der Waals surface area contributed by atoms with Crippen molar-refractivity contribution in [1.29, 1.82) is 0 Å². The van der Waals surface area contributed by atoms with Crippen LogP contribution >= 0.6 is 0 Å². The molecule has 0 atom stereocenters. The summed E-state index contributed by atoms with van der Waals surface area (Å²) in [5, 5.41) is 18.1. The summed E-state index contributed by atoms with van der Waals surface area (Å²) in [5.74, 6) is -0.0518. The summed E-state index contributed by atoms with van der Waals surface area (Å²) < 4.78 is 19.2. The molecule has 6 rings (SSSR count). The van der Waals surface area contributed by atoms with Gasteiger partial charge in [-0.3, -0.25) is 15.1 Å². The van der Waals surface area contributed by atoms with Gasteiger partial charge in [0.15, 0.2) is 0 Å². The number of H-pyrrole nitrogens is 2. The Morgan fingerprint density at radius 2 is 1.85 bits per heavy atom. The van der Waals surface area contributed by atoms with Crippen molar-refractivity contribution in [3.63, 3.8) is 0 Å². The average Bonchev–Trinajstić information content (AvgIpc) is 3.46. The Labute approximate surface area is 192 Å². The van der Waals surface area contributed by atoms with Crippen LogP contribution in [-0.4, -0.2) is 42.3 Å². The minimum atomic E-state index is -0.536. The number of hydrogen-bond acceptors (Lipinski definition) is 6. The van der Waals surface area contributed by atoms with Crippen LogP contribution in [0, 0.1) is 5.82 Å². The number of aromatic hydroxyl groups is 1. The molecular weight excluding hydrogens is 435 g/mol. The first-order valence-electron chi connectivity index (χ1n) is 10.4. The van der Waals surface area contributed by atoms with Gasteiger partial charge in [0, 0.05) is 40.5 Å². The Morgan fingerprint density at radius 1 is 0.941 bits per heavy atom. The van der Waals surface area contributed by atoms with Gasteiger partial charge in [-0.25, -0.2) is 9.37 Å². The first kappa shape index (κ1) is 19.9. The maximum atomic E-state index is 13.9. The largest absolute Gasteiger partial charge is 0.508 e. The van der Waals surface area contributed by atoms with Gasteiger partial charge >= 0.3 is 0 Å². The highest BCUT2D eigenvalue weighted by molar-refractivity contribution is 5.99. The van der Waals surface area contributed by atoms with Crippen molar-refractivity contribution < 1.29 is 14.2 Å². The van der Waals surface area contributed by atoms with E-state index in [-0.39, 0.29) is 5.75 Å². The molecule has 0 spiro atoms. The predicted octanol–water partition coefficient (Wildman–Crippen LogP) is 5.08. The number of benzene rings is 1. The van der Waals surface area contributed by atoms with Gasteiger partial charge < -0.3 is 14.8 Å². The summed E-state index contributed by atoms with van der Waals surface area (Å²) in [7, 11) is 1.59. The van der Waals surface area contributed by atoms with Gasteiger partial charge in [0.1, 0.15) is 28.5 Å². The van der Waals surface area contributed by atoms with E-state index in [0.29, 0.717) is 28.2 Å². The fourth-order valence-electron chi connectivity index (χ4n) is 4.04. The average molecular weight is 452 g/mol. The number of halogens is 1. The molecule has 0 aliphatic heterocycles. The minimum absolute atomic E-state index is 0.161. The number of fused-ring (bicyclic) bond motifs is 2. The number of aromatic nitrogens is 6. The number of nitrogens with one attached hydrogen (secondary N) is 2. The summed E-state index contributed by atoms with van der Waals surface area (Å²) in [5.41, 5.74) is 6.20. The van der Waals surface area contributed by atoms with E-state index in [1.54, 1.807) is 25.7 Å². The molecule has 0 saturated carbocycles. The SMILES string of the molecule is COc1cncc(-c2ccc3[nH]nc(-c4cc5c(-c6cc(O)cc(F)c6)nccc5[nH]4)c3n2)c1. The lowest BCUT2D eigenvalue weighted by atomic mass is 10.1. The van der Waals surface area contributed by atoms with E-state index >= 15 is 0 Å². The monoisotopic (exact) mass is 452 g/mol. The van der Waals surface area contributed by atoms with Crippen molar-refractivity contribution >= 4 is 21.9 Å². The highest BCUT2D eigenvalue weighted by atomic mass is 19.1. The number of nitrogens with zero attached hydrogens (tertiary/aromatic N) is 4. The van der Waals surface area contributed by atoms with Gasteiger partial charge in [0.2, 0.25) is 0 Å². The van der Waals surface area contributed by atoms with Gasteiger partial charge in [-0.15, -0.1) is 0 Å². The number of ether oxygens (including phenoxy) is 1. The van der Waals surface area contributed by atoms with Crippen LogP contribution in [0.4, 0.5) is 4.39 Å². The van der Waals surface area contributed by atoms with Crippen molar-refractivity contribution in [3.05, 3.63) is 72.9 Å². The Balaban J connectivity index is 1.49. The van der Waals surface area contributed by atoms with Crippen molar-refractivity contribution in [3.8, 4) is 45.4 Å². The molecule has 3 N–H and O–H groups in total. The van der Waals surface area contributed by atoms with Crippen LogP contribution < -0.4 is 4.74 Å². The number of methoxy groups -OCH3 is 1. The van der Waals surface area contributed by atoms with E-state index in [9.17, 15) is 9.50 Å². The van der Waals surface area contributed by atoms with Crippen LogP contribution in [0.25, 0.3) is 55.8 Å². The van der Waals surface area contributed by atoms with E-state index in [4.69, 9.17) is 9.72 Å². The van der Waals surface area contributed by atoms with Crippen LogP contribution in [0.1, 0.15) is 0 Å². The van der Waals surface area contributed by atoms with E-state index < -0.39 is 5.82 Å². The first-order chi connectivity index (χ1) is 16.6. The molecule has 5 aromatic heterocycles. The molecule has 5 heterocycles. The molecule has 8 nitrogen and oxygen atoms in total. The van der Waals surface area contributed by atoms with Crippen molar-refractivity contribution in [2.45, 2.75) is 0 Å². The zero-order valence-electron chi connectivity index (χ0n) is 17.9. The van der Waals surface area contributed by atoms with Gasteiger partial charge in [0.25, 0.3) is 0 Å². The first-order valence-corrected chi connectivity index (χ1v) is 10.4. The quantitative estimate of drug-likeness (QED) is 0.344. The number of phenolic OH excluding ortho intramolecular Hbond substituents is 1. The van der Waals surface area contributed by atoms with E-state index in [0.717, 1.165) is 39.4 Å². The summed E-state index contributed by atoms with van der Waals surface area (Å²) in [6.45, 7) is 0. The molecule has 166 valence electrons. The smallest absolute Gasteiger partial charge is 0.137 e. The van der Waals surface area contributed by atoms with Crippen molar-refractivity contribution in [2.24, 2.45) is 0 Å². The third-order valence-electron chi connectivity index (χ3n) is 5.61. The Hall–Kier alpha value is -4.79. The van der Waals surface area contributed by atoms with Gasteiger partial charge in [-0.05, 0) is 42.5 Å². The lowest BCUT2D eigenvalue weighted by Crippen LogP contribution is -1.89. The molecule has 0 fully saturated rings. The molecule has 0 radical (unpaired) electrons. The van der Waals surface area contributed by atoms with Crippen LogP contribution in [0.15, 0.2) is 67.1 Å². The number of phenols is 1. The Morgan fingerprint density at radius 3 is 2.71 bits per heavy atom. The minimum Gasteiger partial charge on any atom is -0.508 e. The zero-order chi connectivity index (χ0) is 23.2. The van der Waals surface area contributed by atoms with Crippen LogP contribution in [0.5, 0.6) is 11.5 Å². The molecule has 0 aliphatic carbocycles. The summed E-state index contributed by atoms with van der Waals surface area (Å²) in [4.78, 5) is 16.8. The topological polar surface area (TPSA) is 113 Å². The molecule has 0 aliphatic rings. The van der Waals surface area contributed by atoms with E-state index in [2.05, 4.69) is 25.1 Å². The van der Waals surface area contributed by atoms with Gasteiger partial charge in [-0.2, -0.15) is 5.10 Å². The fraction of sp³-hybridized carbons (Fsp3) is 0.0400. The molecule has 0 saturated heterocycles. The second-order valence-corrected chi connectivity index (χ2v) is 7.78. The van der Waals surface area contributed by atoms with Crippen LogP contribution in [0.2, 0.25) is 0 Å². The molecule has 6 aromatic rings. The molecular formula is C25H17FN6O2. The standard InChI is InChI=1S/C25H17FN6O2/c1-34-17-8-14(11-27-12-17)19-2-3-21-24(30-19)25(32-31-21)22-10-18-20(29-22)4-5-28-23(18)13-6-15(26)9-16(33)7-13/h2-12,29,33H,1H3,(H,31,32).